The van der Waals surface area contributed by atoms with E-state index in [4.69, 9.17) is 11.6 Å². The summed E-state index contributed by atoms with van der Waals surface area (Å²) in [6.07, 6.45) is 0. The molecule has 0 nitrogen and oxygen atoms in total. The van der Waals surface area contributed by atoms with Crippen LogP contribution in [0.25, 0.3) is 0 Å². The maximum absolute atomic E-state index is 13.2. The van der Waals surface area contributed by atoms with Gasteiger partial charge >= 0.3 is 0 Å². The molecular weight excluding hydrogens is 389 g/mol. The summed E-state index contributed by atoms with van der Waals surface area (Å²) >= 11 is 12.7. The third kappa shape index (κ3) is 3.11. The van der Waals surface area contributed by atoms with Crippen LogP contribution in [0.15, 0.2) is 40.9 Å². The van der Waals surface area contributed by atoms with Gasteiger partial charge in [0.25, 0.3) is 0 Å². The van der Waals surface area contributed by atoms with E-state index in [1.54, 1.807) is 12.1 Å². The smallest absolute Gasteiger partial charge is 0.159 e. The van der Waals surface area contributed by atoms with Gasteiger partial charge in [0.05, 0.1) is 4.83 Å². The highest BCUT2D eigenvalue weighted by Gasteiger charge is 2.14. The molecule has 5 heteroatoms. The number of alkyl halides is 1. The van der Waals surface area contributed by atoms with Crippen molar-refractivity contribution in [1.82, 2.24) is 0 Å². The lowest BCUT2D eigenvalue weighted by Gasteiger charge is -2.12. The molecule has 1 atom stereocenters. The summed E-state index contributed by atoms with van der Waals surface area (Å²) in [7, 11) is 0. The number of benzene rings is 2. The standard InChI is InChI=1S/C13H7Br2ClF2/c14-9-3-8(4-10(16)6-9)13(15)7-1-2-11(17)12(18)5-7/h1-6,13H. The van der Waals surface area contributed by atoms with Gasteiger partial charge in [0.1, 0.15) is 0 Å². The van der Waals surface area contributed by atoms with E-state index in [0.29, 0.717) is 10.6 Å². The molecule has 0 saturated heterocycles. The fourth-order valence-electron chi connectivity index (χ4n) is 1.58. The van der Waals surface area contributed by atoms with Crippen molar-refractivity contribution >= 4 is 43.5 Å². The van der Waals surface area contributed by atoms with Gasteiger partial charge in [-0.3, -0.25) is 0 Å². The molecule has 0 N–H and O–H groups in total. The SMILES string of the molecule is Fc1ccc(C(Br)c2cc(Cl)cc(Br)c2)cc1F. The van der Waals surface area contributed by atoms with Crippen LogP contribution in [0.2, 0.25) is 5.02 Å². The van der Waals surface area contributed by atoms with Crippen molar-refractivity contribution in [3.8, 4) is 0 Å². The monoisotopic (exact) mass is 394 g/mol. The molecule has 0 amide bonds. The lowest BCUT2D eigenvalue weighted by molar-refractivity contribution is 0.507. The summed E-state index contributed by atoms with van der Waals surface area (Å²) in [5.74, 6) is -1.72. The molecule has 0 saturated carbocycles. The van der Waals surface area contributed by atoms with E-state index in [1.807, 2.05) is 6.07 Å². The van der Waals surface area contributed by atoms with Gasteiger partial charge in [0, 0.05) is 9.50 Å². The molecule has 0 fully saturated rings. The number of rotatable bonds is 2. The highest BCUT2D eigenvalue weighted by atomic mass is 79.9. The fourth-order valence-corrected chi connectivity index (χ4v) is 3.02. The van der Waals surface area contributed by atoms with Crippen LogP contribution in [0.4, 0.5) is 8.78 Å². The van der Waals surface area contributed by atoms with Crippen molar-refractivity contribution in [3.63, 3.8) is 0 Å². The van der Waals surface area contributed by atoms with E-state index < -0.39 is 11.6 Å². The van der Waals surface area contributed by atoms with Crippen LogP contribution in [-0.2, 0) is 0 Å². The molecule has 18 heavy (non-hydrogen) atoms. The van der Waals surface area contributed by atoms with Crippen LogP contribution >= 0.6 is 43.5 Å². The number of hydrogen-bond acceptors (Lipinski definition) is 0. The first-order valence-electron chi connectivity index (χ1n) is 5.02. The minimum atomic E-state index is -0.863. The second-order valence-electron chi connectivity index (χ2n) is 3.74. The van der Waals surface area contributed by atoms with E-state index in [2.05, 4.69) is 31.9 Å². The van der Waals surface area contributed by atoms with Gasteiger partial charge in [0.2, 0.25) is 0 Å². The third-order valence-electron chi connectivity index (χ3n) is 2.41. The Morgan fingerprint density at radius 2 is 1.67 bits per heavy atom. The highest BCUT2D eigenvalue weighted by Crippen LogP contribution is 2.34. The molecule has 2 rings (SSSR count). The molecule has 0 aromatic heterocycles. The summed E-state index contributed by atoms with van der Waals surface area (Å²) in [4.78, 5) is -0.248. The van der Waals surface area contributed by atoms with Crippen molar-refractivity contribution in [2.45, 2.75) is 4.83 Å². The normalized spacial score (nSPS) is 12.5. The van der Waals surface area contributed by atoms with Crippen molar-refractivity contribution in [2.75, 3.05) is 0 Å². The molecule has 0 aliphatic carbocycles. The van der Waals surface area contributed by atoms with E-state index >= 15 is 0 Å². The van der Waals surface area contributed by atoms with Gasteiger partial charge in [-0.2, -0.15) is 0 Å². The lowest BCUT2D eigenvalue weighted by Crippen LogP contribution is -1.95. The molecule has 2 aromatic carbocycles. The molecular formula is C13H7Br2ClF2. The maximum Gasteiger partial charge on any atom is 0.159 e. The van der Waals surface area contributed by atoms with Gasteiger partial charge < -0.3 is 0 Å². The Hall–Kier alpha value is -0.450. The molecule has 0 bridgehead atoms. The Morgan fingerprint density at radius 1 is 0.944 bits per heavy atom. The average Bonchev–Trinajstić information content (AvgIpc) is 2.30. The first-order chi connectivity index (χ1) is 8.47. The Kier molecular flexibility index (Phi) is 4.41. The number of halogens is 5. The van der Waals surface area contributed by atoms with Gasteiger partial charge in [-0.15, -0.1) is 0 Å². The van der Waals surface area contributed by atoms with Gasteiger partial charge in [0.15, 0.2) is 11.6 Å². The van der Waals surface area contributed by atoms with Crippen molar-refractivity contribution in [1.29, 1.82) is 0 Å². The van der Waals surface area contributed by atoms with Crippen molar-refractivity contribution in [3.05, 3.63) is 68.7 Å². The van der Waals surface area contributed by atoms with E-state index in [1.165, 1.54) is 12.1 Å². The Bertz CT molecular complexity index is 567. The minimum Gasteiger partial charge on any atom is -0.204 e. The second-order valence-corrected chi connectivity index (χ2v) is 6.01. The zero-order valence-corrected chi connectivity index (χ0v) is 12.9. The maximum atomic E-state index is 13.2. The Morgan fingerprint density at radius 3 is 2.28 bits per heavy atom. The highest BCUT2D eigenvalue weighted by molar-refractivity contribution is 9.10. The van der Waals surface area contributed by atoms with Gasteiger partial charge in [-0.1, -0.05) is 49.5 Å². The molecule has 0 aliphatic rings. The Labute approximate surface area is 125 Å². The first kappa shape index (κ1) is 14.0. The molecule has 0 heterocycles. The minimum absolute atomic E-state index is 0.248. The summed E-state index contributed by atoms with van der Waals surface area (Å²) in [5, 5.41) is 0.575. The summed E-state index contributed by atoms with van der Waals surface area (Å²) in [5.41, 5.74) is 1.49. The van der Waals surface area contributed by atoms with Crippen molar-refractivity contribution < 1.29 is 8.78 Å². The summed E-state index contributed by atoms with van der Waals surface area (Å²) in [6, 6.07) is 9.21. The molecule has 0 radical (unpaired) electrons. The average molecular weight is 396 g/mol. The Balaban J connectivity index is 2.40. The van der Waals surface area contributed by atoms with E-state index in [9.17, 15) is 8.78 Å². The zero-order valence-electron chi connectivity index (χ0n) is 8.93. The molecule has 2 aromatic rings. The number of hydrogen-bond donors (Lipinski definition) is 0. The van der Waals surface area contributed by atoms with Crippen molar-refractivity contribution in [2.24, 2.45) is 0 Å². The fraction of sp³-hybridized carbons (Fsp3) is 0.0769. The lowest BCUT2D eigenvalue weighted by atomic mass is 10.0. The molecule has 0 aliphatic heterocycles. The van der Waals surface area contributed by atoms with E-state index in [-0.39, 0.29) is 4.83 Å². The quantitative estimate of drug-likeness (QED) is 0.558. The zero-order chi connectivity index (χ0) is 13.3. The predicted octanol–water partition coefficient (Wildman–Crippen LogP) is 5.87. The molecule has 94 valence electrons. The largest absolute Gasteiger partial charge is 0.204 e. The summed E-state index contributed by atoms with van der Waals surface area (Å²) < 4.78 is 26.9. The van der Waals surface area contributed by atoms with Crippen LogP contribution in [0.5, 0.6) is 0 Å². The van der Waals surface area contributed by atoms with Crippen LogP contribution in [0.3, 0.4) is 0 Å². The summed E-state index contributed by atoms with van der Waals surface area (Å²) in [6.45, 7) is 0. The van der Waals surface area contributed by atoms with Crippen LogP contribution in [-0.4, -0.2) is 0 Å². The topological polar surface area (TPSA) is 0 Å². The van der Waals surface area contributed by atoms with Crippen LogP contribution in [0, 0.1) is 11.6 Å². The molecule has 0 spiro atoms. The predicted molar refractivity (Wildman–Crippen MR) is 76.3 cm³/mol. The van der Waals surface area contributed by atoms with Crippen LogP contribution in [0.1, 0.15) is 16.0 Å². The van der Waals surface area contributed by atoms with Crippen LogP contribution < -0.4 is 0 Å². The third-order valence-corrected chi connectivity index (χ3v) is 4.15. The van der Waals surface area contributed by atoms with Gasteiger partial charge in [-0.05, 0) is 41.5 Å². The van der Waals surface area contributed by atoms with E-state index in [0.717, 1.165) is 16.1 Å². The van der Waals surface area contributed by atoms with Gasteiger partial charge in [-0.25, -0.2) is 8.78 Å². The first-order valence-corrected chi connectivity index (χ1v) is 7.11. The second kappa shape index (κ2) is 5.68. The molecule has 1 unspecified atom stereocenters.